The van der Waals surface area contributed by atoms with Crippen LogP contribution >= 0.6 is 0 Å². The van der Waals surface area contributed by atoms with Gasteiger partial charge in [-0.3, -0.25) is 4.79 Å². The first-order chi connectivity index (χ1) is 7.22. The fourth-order valence-electron chi connectivity index (χ4n) is 1.68. The largest absolute Gasteiger partial charge is 0.294 e. The first-order valence-electron chi connectivity index (χ1n) is 4.94. The third-order valence-corrected chi connectivity index (χ3v) is 2.47. The lowest BCUT2D eigenvalue weighted by molar-refractivity contribution is 0.0990. The second-order valence-corrected chi connectivity index (χ2v) is 3.45. The number of Topliss-reactive ketones (excluding diaryl/α,β-unsaturated/α-hetero) is 1. The van der Waals surface area contributed by atoms with Gasteiger partial charge < -0.3 is 0 Å². The second kappa shape index (κ2) is 3.81. The van der Waals surface area contributed by atoms with Gasteiger partial charge in [0, 0.05) is 12.0 Å². The highest BCUT2D eigenvalue weighted by molar-refractivity contribution is 6.07. The highest BCUT2D eigenvalue weighted by Crippen LogP contribution is 2.21. The number of hydrogen-bond acceptors (Lipinski definition) is 1. The summed E-state index contributed by atoms with van der Waals surface area (Å²) in [5, 5.41) is 1.60. The Hall–Kier alpha value is -1.70. The summed E-state index contributed by atoms with van der Waals surface area (Å²) in [6, 6.07) is 9.95. The maximum absolute atomic E-state index is 13.1. The third kappa shape index (κ3) is 1.75. The lowest BCUT2D eigenvalue weighted by Crippen LogP contribution is -1.97. The smallest absolute Gasteiger partial charge is 0.163 e. The molecule has 15 heavy (non-hydrogen) atoms. The van der Waals surface area contributed by atoms with Crippen molar-refractivity contribution in [2.24, 2.45) is 0 Å². The molecule has 0 unspecified atom stereocenters. The Balaban J connectivity index is 2.74. The van der Waals surface area contributed by atoms with Crippen LogP contribution in [0, 0.1) is 5.82 Å². The summed E-state index contributed by atoms with van der Waals surface area (Å²) in [6.45, 7) is 1.81. The predicted molar refractivity (Wildman–Crippen MR) is 58.5 cm³/mol. The van der Waals surface area contributed by atoms with Crippen molar-refractivity contribution in [2.45, 2.75) is 13.3 Å². The van der Waals surface area contributed by atoms with Crippen molar-refractivity contribution in [2.75, 3.05) is 0 Å². The second-order valence-electron chi connectivity index (χ2n) is 3.45. The van der Waals surface area contributed by atoms with Crippen molar-refractivity contribution < 1.29 is 9.18 Å². The summed E-state index contributed by atoms with van der Waals surface area (Å²) in [7, 11) is 0. The van der Waals surface area contributed by atoms with Crippen LogP contribution in [0.15, 0.2) is 36.4 Å². The van der Waals surface area contributed by atoms with Crippen LogP contribution in [0.4, 0.5) is 4.39 Å². The molecule has 0 spiro atoms. The van der Waals surface area contributed by atoms with E-state index in [2.05, 4.69) is 0 Å². The fraction of sp³-hybridized carbons (Fsp3) is 0.154. The Morgan fingerprint density at radius 1 is 1.27 bits per heavy atom. The van der Waals surface area contributed by atoms with E-state index in [0.29, 0.717) is 17.4 Å². The topological polar surface area (TPSA) is 17.1 Å². The molecule has 0 saturated carbocycles. The van der Waals surface area contributed by atoms with E-state index in [1.165, 1.54) is 12.1 Å². The highest BCUT2D eigenvalue weighted by atomic mass is 19.1. The molecule has 0 aliphatic carbocycles. The van der Waals surface area contributed by atoms with Crippen molar-refractivity contribution in [3.05, 3.63) is 47.8 Å². The lowest BCUT2D eigenvalue weighted by Gasteiger charge is -2.04. The fourth-order valence-corrected chi connectivity index (χ4v) is 1.68. The molecule has 2 rings (SSSR count). The van der Waals surface area contributed by atoms with Crippen molar-refractivity contribution >= 4 is 16.6 Å². The molecule has 0 bridgehead atoms. The molecule has 0 atom stereocenters. The van der Waals surface area contributed by atoms with E-state index in [9.17, 15) is 9.18 Å². The Bertz CT molecular complexity index is 517. The van der Waals surface area contributed by atoms with E-state index in [0.717, 1.165) is 5.39 Å². The van der Waals surface area contributed by atoms with Gasteiger partial charge in [0.15, 0.2) is 5.78 Å². The maximum atomic E-state index is 13.1. The normalized spacial score (nSPS) is 10.5. The molecule has 0 amide bonds. The van der Waals surface area contributed by atoms with Gasteiger partial charge in [-0.25, -0.2) is 4.39 Å². The van der Waals surface area contributed by atoms with Gasteiger partial charge in [0.05, 0.1) is 0 Å². The number of carbonyl (C=O) groups excluding carboxylic acids is 1. The van der Waals surface area contributed by atoms with Gasteiger partial charge in [0.2, 0.25) is 0 Å². The molecule has 0 heterocycles. The monoisotopic (exact) mass is 202 g/mol. The Morgan fingerprint density at radius 2 is 2.07 bits per heavy atom. The van der Waals surface area contributed by atoms with Crippen LogP contribution in [0.3, 0.4) is 0 Å². The number of ketones is 1. The quantitative estimate of drug-likeness (QED) is 0.680. The molecule has 0 saturated heterocycles. The first kappa shape index (κ1) is 9.84. The molecule has 0 aliphatic heterocycles. The summed E-state index contributed by atoms with van der Waals surface area (Å²) in [5.41, 5.74) is 0.606. The number of halogens is 1. The van der Waals surface area contributed by atoms with Crippen LogP contribution in [0.2, 0.25) is 0 Å². The number of rotatable bonds is 2. The van der Waals surface area contributed by atoms with E-state index in [1.54, 1.807) is 19.1 Å². The van der Waals surface area contributed by atoms with E-state index in [4.69, 9.17) is 0 Å². The van der Waals surface area contributed by atoms with Crippen LogP contribution in [0.25, 0.3) is 10.8 Å². The molecule has 0 N–H and O–H groups in total. The number of carbonyl (C=O) groups is 1. The maximum Gasteiger partial charge on any atom is 0.163 e. The number of hydrogen-bond donors (Lipinski definition) is 0. The Kier molecular flexibility index (Phi) is 2.50. The van der Waals surface area contributed by atoms with E-state index in [-0.39, 0.29) is 11.6 Å². The van der Waals surface area contributed by atoms with Crippen molar-refractivity contribution in [3.8, 4) is 0 Å². The van der Waals surface area contributed by atoms with Gasteiger partial charge in [0.1, 0.15) is 5.82 Å². The summed E-state index contributed by atoms with van der Waals surface area (Å²) in [5.74, 6) is -0.259. The molecule has 2 heteroatoms. The molecular weight excluding hydrogens is 191 g/mol. The van der Waals surface area contributed by atoms with Gasteiger partial charge in [0.25, 0.3) is 0 Å². The Morgan fingerprint density at radius 3 is 2.80 bits per heavy atom. The summed E-state index contributed by atoms with van der Waals surface area (Å²) >= 11 is 0. The summed E-state index contributed by atoms with van der Waals surface area (Å²) in [4.78, 5) is 11.6. The molecule has 2 aromatic rings. The van der Waals surface area contributed by atoms with Gasteiger partial charge in [-0.05, 0) is 22.9 Å². The van der Waals surface area contributed by atoms with Crippen molar-refractivity contribution in [1.82, 2.24) is 0 Å². The van der Waals surface area contributed by atoms with Gasteiger partial charge in [-0.15, -0.1) is 0 Å². The third-order valence-electron chi connectivity index (χ3n) is 2.47. The zero-order chi connectivity index (χ0) is 10.8. The molecule has 0 aliphatic rings. The number of fused-ring (bicyclic) bond motifs is 1. The predicted octanol–water partition coefficient (Wildman–Crippen LogP) is 3.57. The van der Waals surface area contributed by atoms with E-state index in [1.807, 2.05) is 12.1 Å². The summed E-state index contributed by atoms with van der Waals surface area (Å²) in [6.07, 6.45) is 0.440. The minimum absolute atomic E-state index is 0.0474. The van der Waals surface area contributed by atoms with Crippen LogP contribution in [0.1, 0.15) is 23.7 Å². The zero-order valence-corrected chi connectivity index (χ0v) is 8.46. The highest BCUT2D eigenvalue weighted by Gasteiger charge is 2.07. The zero-order valence-electron chi connectivity index (χ0n) is 8.46. The molecule has 0 fully saturated rings. The van der Waals surface area contributed by atoms with Gasteiger partial charge in [-0.2, -0.15) is 0 Å². The molecule has 2 aromatic carbocycles. The van der Waals surface area contributed by atoms with Gasteiger partial charge in [-0.1, -0.05) is 31.2 Å². The first-order valence-corrected chi connectivity index (χ1v) is 4.94. The molecule has 1 nitrogen and oxygen atoms in total. The SMILES string of the molecule is CCC(=O)c1cccc2ccc(F)cc12. The number of benzene rings is 2. The van der Waals surface area contributed by atoms with E-state index >= 15 is 0 Å². The average Bonchev–Trinajstić information content (AvgIpc) is 2.27. The van der Waals surface area contributed by atoms with Crippen LogP contribution < -0.4 is 0 Å². The van der Waals surface area contributed by atoms with E-state index < -0.39 is 0 Å². The average molecular weight is 202 g/mol. The molecule has 0 aromatic heterocycles. The van der Waals surface area contributed by atoms with Crippen LogP contribution in [-0.2, 0) is 0 Å². The van der Waals surface area contributed by atoms with Crippen LogP contribution in [-0.4, -0.2) is 5.78 Å². The van der Waals surface area contributed by atoms with Crippen molar-refractivity contribution in [1.29, 1.82) is 0 Å². The standard InChI is InChI=1S/C13H11FO/c1-2-13(15)11-5-3-4-9-6-7-10(14)8-12(9)11/h3-8H,2H2,1H3. The summed E-state index contributed by atoms with van der Waals surface area (Å²) < 4.78 is 13.1. The molecular formula is C13H11FO. The van der Waals surface area contributed by atoms with Crippen molar-refractivity contribution in [3.63, 3.8) is 0 Å². The molecule has 76 valence electrons. The minimum Gasteiger partial charge on any atom is -0.294 e. The minimum atomic E-state index is -0.307. The Labute approximate surface area is 87.5 Å². The van der Waals surface area contributed by atoms with Crippen LogP contribution in [0.5, 0.6) is 0 Å². The molecule has 0 radical (unpaired) electrons. The lowest BCUT2D eigenvalue weighted by atomic mass is 10.0. The van der Waals surface area contributed by atoms with Gasteiger partial charge >= 0.3 is 0 Å².